The summed E-state index contributed by atoms with van der Waals surface area (Å²) in [7, 11) is 1.31. The minimum atomic E-state index is -4.55. The lowest BCUT2D eigenvalue weighted by Crippen LogP contribution is -2.37. The number of allylic oxidation sites excluding steroid dienone is 7. The zero-order chi connectivity index (χ0) is 42.0. The highest BCUT2D eigenvalue weighted by molar-refractivity contribution is 7.45. The fourth-order valence-electron chi connectivity index (χ4n) is 6.24. The predicted molar refractivity (Wildman–Crippen MR) is 240 cm³/mol. The van der Waals surface area contributed by atoms with Gasteiger partial charge in [-0.3, -0.25) is 9.36 Å². The molecule has 334 valence electrons. The molecule has 0 rings (SSSR count). The third kappa shape index (κ3) is 45.2. The molecule has 0 bridgehead atoms. The van der Waals surface area contributed by atoms with Crippen LogP contribution in [0.1, 0.15) is 200 Å². The first-order valence-electron chi connectivity index (χ1n) is 23.4. The topological polar surface area (TPSA) is 94.1 Å². The highest BCUT2D eigenvalue weighted by atomic mass is 31.2. The van der Waals surface area contributed by atoms with Crippen molar-refractivity contribution in [3.8, 4) is 0 Å². The van der Waals surface area contributed by atoms with Gasteiger partial charge in [0.05, 0.1) is 34.0 Å². The second-order valence-corrected chi connectivity index (χ2v) is 18.2. The molecular formula is C48H90NO7P. The number of quaternary nitrogens is 1. The maximum Gasteiger partial charge on any atom is 0.306 e. The van der Waals surface area contributed by atoms with E-state index in [2.05, 4.69) is 50.3 Å². The van der Waals surface area contributed by atoms with Crippen LogP contribution in [0.15, 0.2) is 48.8 Å². The van der Waals surface area contributed by atoms with E-state index in [1.807, 2.05) is 27.2 Å². The first-order chi connectivity index (χ1) is 27.6. The second-order valence-electron chi connectivity index (χ2n) is 16.8. The van der Waals surface area contributed by atoms with Gasteiger partial charge in [-0.05, 0) is 83.1 Å². The lowest BCUT2D eigenvalue weighted by molar-refractivity contribution is -0.870. The Hall–Kier alpha value is -1.70. The van der Waals surface area contributed by atoms with E-state index in [0.717, 1.165) is 44.9 Å². The molecule has 0 aliphatic heterocycles. The third-order valence-corrected chi connectivity index (χ3v) is 10.9. The van der Waals surface area contributed by atoms with Crippen molar-refractivity contribution in [2.45, 2.75) is 206 Å². The van der Waals surface area contributed by atoms with Crippen molar-refractivity contribution in [3.63, 3.8) is 0 Å². The van der Waals surface area contributed by atoms with Gasteiger partial charge in [0.25, 0.3) is 7.82 Å². The molecule has 0 N–H and O–H groups in total. The molecule has 8 nitrogen and oxygen atoms in total. The number of rotatable bonds is 43. The van der Waals surface area contributed by atoms with Crippen molar-refractivity contribution in [1.82, 2.24) is 0 Å². The Bertz CT molecular complexity index is 1050. The van der Waals surface area contributed by atoms with Crippen molar-refractivity contribution in [1.29, 1.82) is 0 Å². The maximum absolute atomic E-state index is 12.7. The quantitative estimate of drug-likeness (QED) is 0.0151. The van der Waals surface area contributed by atoms with Gasteiger partial charge in [0, 0.05) is 6.42 Å². The molecule has 57 heavy (non-hydrogen) atoms. The van der Waals surface area contributed by atoms with Crippen molar-refractivity contribution in [2.75, 3.05) is 47.5 Å². The number of ether oxygens (including phenoxy) is 2. The summed E-state index contributed by atoms with van der Waals surface area (Å²) in [6, 6.07) is 0. The summed E-state index contributed by atoms with van der Waals surface area (Å²) in [5.74, 6) is -0.364. The minimum Gasteiger partial charge on any atom is -0.756 e. The summed E-state index contributed by atoms with van der Waals surface area (Å²) in [5.41, 5.74) is 0. The van der Waals surface area contributed by atoms with Crippen LogP contribution >= 0.6 is 7.82 Å². The molecule has 0 saturated heterocycles. The van der Waals surface area contributed by atoms with Gasteiger partial charge in [-0.2, -0.15) is 0 Å². The van der Waals surface area contributed by atoms with E-state index in [4.69, 9.17) is 18.5 Å². The lowest BCUT2D eigenvalue weighted by Gasteiger charge is -2.28. The number of carbonyl (C=O) groups excluding carboxylic acids is 1. The average Bonchev–Trinajstić information content (AvgIpc) is 3.16. The molecule has 0 aliphatic carbocycles. The zero-order valence-corrected chi connectivity index (χ0v) is 38.7. The van der Waals surface area contributed by atoms with E-state index >= 15 is 0 Å². The van der Waals surface area contributed by atoms with E-state index in [9.17, 15) is 14.3 Å². The molecule has 0 radical (unpaired) electrons. The highest BCUT2D eigenvalue weighted by Crippen LogP contribution is 2.38. The Morgan fingerprint density at radius 1 is 0.561 bits per heavy atom. The Labute approximate surface area is 352 Å². The van der Waals surface area contributed by atoms with Gasteiger partial charge >= 0.3 is 5.97 Å². The van der Waals surface area contributed by atoms with E-state index in [1.165, 1.54) is 135 Å². The van der Waals surface area contributed by atoms with Crippen LogP contribution in [0.25, 0.3) is 0 Å². The van der Waals surface area contributed by atoms with Gasteiger partial charge in [-0.1, -0.05) is 153 Å². The molecule has 0 aromatic heterocycles. The monoisotopic (exact) mass is 824 g/mol. The van der Waals surface area contributed by atoms with Crippen LogP contribution < -0.4 is 4.89 Å². The molecular weight excluding hydrogens is 734 g/mol. The minimum absolute atomic E-state index is 0.0129. The summed E-state index contributed by atoms with van der Waals surface area (Å²) in [4.78, 5) is 25.1. The predicted octanol–water partition coefficient (Wildman–Crippen LogP) is 13.7. The van der Waals surface area contributed by atoms with Crippen molar-refractivity contribution >= 4 is 13.8 Å². The molecule has 0 fully saturated rings. The number of unbranched alkanes of at least 4 members (excludes halogenated alkanes) is 23. The van der Waals surface area contributed by atoms with Gasteiger partial charge in [0.15, 0.2) is 6.10 Å². The Morgan fingerprint density at radius 2 is 0.982 bits per heavy atom. The van der Waals surface area contributed by atoms with Crippen LogP contribution in [-0.2, 0) is 27.9 Å². The van der Waals surface area contributed by atoms with Crippen LogP contribution in [0.2, 0.25) is 0 Å². The van der Waals surface area contributed by atoms with Crippen LogP contribution in [0.5, 0.6) is 0 Å². The molecule has 0 heterocycles. The van der Waals surface area contributed by atoms with Crippen LogP contribution in [0.3, 0.4) is 0 Å². The van der Waals surface area contributed by atoms with Crippen LogP contribution in [0, 0.1) is 0 Å². The van der Waals surface area contributed by atoms with Crippen molar-refractivity contribution in [2.24, 2.45) is 0 Å². The number of esters is 1. The number of hydrogen-bond acceptors (Lipinski definition) is 7. The molecule has 0 amide bonds. The van der Waals surface area contributed by atoms with Crippen LogP contribution in [0.4, 0.5) is 0 Å². The number of nitrogens with zero attached hydrogens (tertiary/aromatic N) is 1. The normalized spacial score (nSPS) is 14.1. The molecule has 0 saturated carbocycles. The summed E-state index contributed by atoms with van der Waals surface area (Å²) in [5, 5.41) is 0. The largest absolute Gasteiger partial charge is 0.756 e. The average molecular weight is 824 g/mol. The van der Waals surface area contributed by atoms with Gasteiger partial charge in [0.2, 0.25) is 0 Å². The van der Waals surface area contributed by atoms with Crippen LogP contribution in [-0.4, -0.2) is 64.1 Å². The van der Waals surface area contributed by atoms with Crippen molar-refractivity contribution in [3.05, 3.63) is 48.8 Å². The standard InChI is InChI=1S/C48H90NO7P/c1-6-8-10-12-14-16-18-20-22-24-25-26-27-29-31-33-35-37-39-41-48(50)56-47(46-55-57(51,52)54-44-42-49(3,4)5)45-53-43-40-38-36-34-32-30-28-23-21-19-17-15-13-11-9-7-2/h14,16,20-23,40,43,47H,6-13,15,17-19,24-39,41-42,44-46H2,1-5H3/b16-14-,22-20-,23-21-,43-40-/t47-/m1/s1. The summed E-state index contributed by atoms with van der Waals surface area (Å²) in [6.45, 7) is 4.70. The van der Waals surface area contributed by atoms with E-state index in [-0.39, 0.29) is 25.8 Å². The number of carbonyl (C=O) groups is 1. The van der Waals surface area contributed by atoms with Gasteiger partial charge in [-0.15, -0.1) is 0 Å². The highest BCUT2D eigenvalue weighted by Gasteiger charge is 2.20. The lowest BCUT2D eigenvalue weighted by atomic mass is 10.1. The molecule has 2 atom stereocenters. The second kappa shape index (κ2) is 41.1. The molecule has 0 aromatic rings. The molecule has 9 heteroatoms. The fraction of sp³-hybridized carbons (Fsp3) is 0.812. The summed E-state index contributed by atoms with van der Waals surface area (Å²) < 4.78 is 34.4. The fourth-order valence-corrected chi connectivity index (χ4v) is 6.97. The smallest absolute Gasteiger partial charge is 0.306 e. The first kappa shape index (κ1) is 55.3. The van der Waals surface area contributed by atoms with Gasteiger partial charge < -0.3 is 27.9 Å². The van der Waals surface area contributed by atoms with E-state index in [0.29, 0.717) is 17.4 Å². The molecule has 0 spiro atoms. The number of hydrogen-bond donors (Lipinski definition) is 0. The summed E-state index contributed by atoms with van der Waals surface area (Å²) >= 11 is 0. The Balaban J connectivity index is 4.27. The first-order valence-corrected chi connectivity index (χ1v) is 24.9. The van der Waals surface area contributed by atoms with Gasteiger partial charge in [0.1, 0.15) is 19.8 Å². The maximum atomic E-state index is 12.7. The SMILES string of the molecule is CCCCC/C=C\C/C=C\CCCCCCCCCCCC(=O)O[C@H](CO/C=C\CCCCCC/C=C\CCCCCCCC)COP(=O)([O-])OCC[N+](C)(C)C. The van der Waals surface area contributed by atoms with Crippen molar-refractivity contribution < 1.29 is 37.3 Å². The molecule has 0 aromatic carbocycles. The Morgan fingerprint density at radius 3 is 1.49 bits per heavy atom. The molecule has 0 aliphatic rings. The van der Waals surface area contributed by atoms with E-state index < -0.39 is 13.9 Å². The molecule has 1 unspecified atom stereocenters. The zero-order valence-electron chi connectivity index (χ0n) is 37.8. The summed E-state index contributed by atoms with van der Waals surface area (Å²) in [6.07, 6.45) is 50.7. The number of phosphoric ester groups is 1. The Kier molecular flexibility index (Phi) is 39.8. The third-order valence-electron chi connectivity index (χ3n) is 9.92. The van der Waals surface area contributed by atoms with Gasteiger partial charge in [-0.25, -0.2) is 0 Å². The number of phosphoric acid groups is 1. The van der Waals surface area contributed by atoms with E-state index in [1.54, 1.807) is 6.26 Å². The number of likely N-dealkylation sites (N-methyl/N-ethyl adjacent to an activating group) is 1.